The van der Waals surface area contributed by atoms with E-state index in [9.17, 15) is 13.2 Å². The van der Waals surface area contributed by atoms with Gasteiger partial charge in [-0.25, -0.2) is 9.78 Å². The van der Waals surface area contributed by atoms with Crippen molar-refractivity contribution in [1.29, 1.82) is 0 Å². The number of rotatable bonds is 3. The van der Waals surface area contributed by atoms with Crippen LogP contribution in [-0.4, -0.2) is 56.0 Å². The Kier molecular flexibility index (Phi) is 6.30. The van der Waals surface area contributed by atoms with Crippen molar-refractivity contribution in [1.82, 2.24) is 20.0 Å². The van der Waals surface area contributed by atoms with Crippen molar-refractivity contribution in [3.05, 3.63) is 28.3 Å². The summed E-state index contributed by atoms with van der Waals surface area (Å²) in [7, 11) is 0. The van der Waals surface area contributed by atoms with Gasteiger partial charge in [0.2, 0.25) is 0 Å². The molecule has 154 valence electrons. The molecule has 0 unspecified atom stereocenters. The lowest BCUT2D eigenvalue weighted by Gasteiger charge is -2.34. The number of ether oxygens (including phenoxy) is 1. The van der Waals surface area contributed by atoms with E-state index in [2.05, 4.69) is 20.0 Å². The topological polar surface area (TPSA) is 102 Å². The van der Waals surface area contributed by atoms with E-state index in [-0.39, 0.29) is 12.2 Å². The number of likely N-dealkylation sites (tertiary alicyclic amines) is 1. The van der Waals surface area contributed by atoms with E-state index in [4.69, 9.17) is 19.2 Å². The molecular weight excluding hydrogens is 401 g/mol. The maximum Gasteiger partial charge on any atom is 0.490 e. The number of hydrogen-bond acceptors (Lipinski definition) is 8. The molecule has 2 saturated heterocycles. The number of alkyl halides is 3. The monoisotopic (exact) mass is 420 g/mol. The Balaban J connectivity index is 0.000000279. The van der Waals surface area contributed by atoms with Crippen LogP contribution in [0.1, 0.15) is 42.1 Å². The van der Waals surface area contributed by atoms with Gasteiger partial charge in [-0.1, -0.05) is 5.16 Å². The summed E-state index contributed by atoms with van der Waals surface area (Å²) in [6.45, 7) is 3.85. The van der Waals surface area contributed by atoms with Crippen LogP contribution < -0.4 is 0 Å². The molecule has 2 aromatic rings. The molecule has 0 spiro atoms. The summed E-state index contributed by atoms with van der Waals surface area (Å²) in [6, 6.07) is 0.495. The first-order valence-corrected chi connectivity index (χ1v) is 9.50. The fourth-order valence-corrected chi connectivity index (χ4v) is 3.98. The van der Waals surface area contributed by atoms with Gasteiger partial charge in [-0.05, 0) is 26.2 Å². The number of halogens is 3. The minimum atomic E-state index is -5.08. The van der Waals surface area contributed by atoms with Crippen LogP contribution in [0.3, 0.4) is 0 Å². The minimum Gasteiger partial charge on any atom is -0.475 e. The Labute approximate surface area is 162 Å². The van der Waals surface area contributed by atoms with Gasteiger partial charge in [0.15, 0.2) is 5.82 Å². The van der Waals surface area contributed by atoms with Crippen LogP contribution in [-0.2, 0) is 16.1 Å². The number of aliphatic carboxylic acids is 1. The Morgan fingerprint density at radius 1 is 1.39 bits per heavy atom. The lowest BCUT2D eigenvalue weighted by Crippen LogP contribution is -2.40. The van der Waals surface area contributed by atoms with Gasteiger partial charge in [0.05, 0.1) is 12.6 Å². The molecule has 0 aliphatic carbocycles. The van der Waals surface area contributed by atoms with Crippen molar-refractivity contribution in [2.75, 3.05) is 6.54 Å². The van der Waals surface area contributed by atoms with Gasteiger partial charge < -0.3 is 14.4 Å². The van der Waals surface area contributed by atoms with Crippen molar-refractivity contribution in [3.8, 4) is 0 Å². The number of hydrogen-bond donors (Lipinski definition) is 1. The normalized spacial score (nSPS) is 25.1. The standard InChI is InChI=1S/C14H18N4O2S.C2HF3O2/c1-9-16-14(20-17-9)12-3-2-10-11(19-12)4-6-18(10)8-13-15-5-7-21-13;3-2(4,5)1(6)7/h5,7,10-12H,2-4,6,8H2,1H3;(H,6,7)/t10-,11-,12-;/m1./s1. The highest BCUT2D eigenvalue weighted by molar-refractivity contribution is 7.09. The highest BCUT2D eigenvalue weighted by Gasteiger charge is 2.41. The van der Waals surface area contributed by atoms with Gasteiger partial charge >= 0.3 is 12.1 Å². The first-order chi connectivity index (χ1) is 13.2. The molecule has 2 aliphatic heterocycles. The molecule has 2 aromatic heterocycles. The van der Waals surface area contributed by atoms with Crippen LogP contribution in [0, 0.1) is 6.92 Å². The first-order valence-electron chi connectivity index (χ1n) is 8.62. The molecule has 2 aliphatic rings. The van der Waals surface area contributed by atoms with Crippen molar-refractivity contribution < 1.29 is 32.3 Å². The zero-order valence-corrected chi connectivity index (χ0v) is 15.7. The van der Waals surface area contributed by atoms with Gasteiger partial charge in [-0.2, -0.15) is 18.2 Å². The molecule has 3 atom stereocenters. The second-order valence-corrected chi connectivity index (χ2v) is 7.45. The molecular formula is C16H19F3N4O4S. The highest BCUT2D eigenvalue weighted by atomic mass is 32.1. The van der Waals surface area contributed by atoms with Gasteiger partial charge in [0.25, 0.3) is 5.89 Å². The Morgan fingerprint density at radius 3 is 2.71 bits per heavy atom. The SMILES string of the molecule is Cc1noc([C@H]2CC[C@@H]3[C@@H](CCN3Cc3nccs3)O2)n1.O=C(O)C(F)(F)F. The maximum absolute atomic E-state index is 10.6. The smallest absolute Gasteiger partial charge is 0.475 e. The second kappa shape index (κ2) is 8.53. The number of nitrogens with zero attached hydrogens (tertiary/aromatic N) is 4. The average Bonchev–Trinajstić information content (AvgIpc) is 3.36. The molecule has 2 fully saturated rings. The summed E-state index contributed by atoms with van der Waals surface area (Å²) in [4.78, 5) is 20.1. The van der Waals surface area contributed by atoms with Crippen molar-refractivity contribution in [2.24, 2.45) is 0 Å². The summed E-state index contributed by atoms with van der Waals surface area (Å²) in [5, 5.41) is 14.2. The van der Waals surface area contributed by atoms with Gasteiger partial charge in [0, 0.05) is 24.2 Å². The van der Waals surface area contributed by atoms with Crippen LogP contribution in [0.5, 0.6) is 0 Å². The number of carboxylic acids is 1. The van der Waals surface area contributed by atoms with E-state index in [1.54, 1.807) is 11.3 Å². The van der Waals surface area contributed by atoms with E-state index in [0.29, 0.717) is 17.8 Å². The zero-order valence-electron chi connectivity index (χ0n) is 14.9. The molecule has 4 rings (SSSR count). The molecule has 0 radical (unpaired) electrons. The van der Waals surface area contributed by atoms with Crippen molar-refractivity contribution in [3.63, 3.8) is 0 Å². The lowest BCUT2D eigenvalue weighted by molar-refractivity contribution is -0.192. The minimum absolute atomic E-state index is 0.0349. The van der Waals surface area contributed by atoms with Crippen LogP contribution in [0.25, 0.3) is 0 Å². The molecule has 0 bridgehead atoms. The second-order valence-electron chi connectivity index (χ2n) is 6.48. The van der Waals surface area contributed by atoms with Crippen LogP contribution in [0.15, 0.2) is 16.1 Å². The summed E-state index contributed by atoms with van der Waals surface area (Å²) < 4.78 is 43.2. The van der Waals surface area contributed by atoms with E-state index < -0.39 is 12.1 Å². The third-order valence-corrected chi connectivity index (χ3v) is 5.31. The number of thiazole rings is 1. The van der Waals surface area contributed by atoms with Crippen LogP contribution >= 0.6 is 11.3 Å². The van der Waals surface area contributed by atoms with Crippen molar-refractivity contribution in [2.45, 2.75) is 57.2 Å². The summed E-state index contributed by atoms with van der Waals surface area (Å²) in [5.41, 5.74) is 0. The van der Waals surface area contributed by atoms with Crippen LogP contribution in [0.2, 0.25) is 0 Å². The molecule has 8 nitrogen and oxygen atoms in total. The third-order valence-electron chi connectivity index (χ3n) is 4.55. The number of carboxylic acid groups (broad SMARTS) is 1. The quantitative estimate of drug-likeness (QED) is 0.809. The highest BCUT2D eigenvalue weighted by Crippen LogP contribution is 2.38. The Morgan fingerprint density at radius 2 is 2.14 bits per heavy atom. The van der Waals surface area contributed by atoms with Crippen molar-refractivity contribution >= 4 is 17.3 Å². The molecule has 12 heteroatoms. The Bertz CT molecular complexity index is 783. The molecule has 1 N–H and O–H groups in total. The van der Waals surface area contributed by atoms with E-state index in [1.807, 2.05) is 18.5 Å². The molecule has 4 heterocycles. The van der Waals surface area contributed by atoms with Gasteiger partial charge in [0.1, 0.15) is 11.1 Å². The number of aromatic nitrogens is 3. The Hall–Kier alpha value is -2.05. The fraction of sp³-hybridized carbons (Fsp3) is 0.625. The number of carbonyl (C=O) groups is 1. The summed E-state index contributed by atoms with van der Waals surface area (Å²) in [6.07, 6.45) is 0.154. The molecule has 0 amide bonds. The number of aryl methyl sites for hydroxylation is 1. The third kappa shape index (κ3) is 5.06. The van der Waals surface area contributed by atoms with Gasteiger partial charge in [-0.3, -0.25) is 4.90 Å². The molecule has 0 aromatic carbocycles. The maximum atomic E-state index is 10.6. The largest absolute Gasteiger partial charge is 0.490 e. The van der Waals surface area contributed by atoms with Crippen LogP contribution in [0.4, 0.5) is 13.2 Å². The van der Waals surface area contributed by atoms with Gasteiger partial charge in [-0.15, -0.1) is 11.3 Å². The lowest BCUT2D eigenvalue weighted by atomic mass is 9.99. The molecule has 0 saturated carbocycles. The number of fused-ring (bicyclic) bond motifs is 1. The first kappa shape index (κ1) is 20.7. The summed E-state index contributed by atoms with van der Waals surface area (Å²) in [5.74, 6) is -1.45. The predicted molar refractivity (Wildman–Crippen MR) is 90.5 cm³/mol. The van der Waals surface area contributed by atoms with E-state index in [1.165, 1.54) is 5.01 Å². The fourth-order valence-electron chi connectivity index (χ4n) is 3.34. The zero-order chi connectivity index (χ0) is 20.3. The van der Waals surface area contributed by atoms with E-state index >= 15 is 0 Å². The average molecular weight is 420 g/mol. The van der Waals surface area contributed by atoms with E-state index in [0.717, 1.165) is 32.4 Å². The molecule has 28 heavy (non-hydrogen) atoms. The summed E-state index contributed by atoms with van der Waals surface area (Å²) >= 11 is 1.72. The predicted octanol–water partition coefficient (Wildman–Crippen LogP) is 2.96.